The molecule has 2 N–H and O–H groups in total. The lowest BCUT2D eigenvalue weighted by molar-refractivity contribution is -0.123. The molecule has 0 unspecified atom stereocenters. The first kappa shape index (κ1) is 11.5. The van der Waals surface area contributed by atoms with E-state index in [4.69, 9.17) is 0 Å². The molecule has 5 heteroatoms. The maximum atomic E-state index is 11.8. The van der Waals surface area contributed by atoms with Crippen molar-refractivity contribution in [1.29, 1.82) is 0 Å². The van der Waals surface area contributed by atoms with Gasteiger partial charge in [0.1, 0.15) is 0 Å². The van der Waals surface area contributed by atoms with Crippen molar-refractivity contribution in [3.05, 3.63) is 10.6 Å². The standard InChI is InChI=1S/C11H17N3OS/c1-11(2,3)9(15)14-10-13-7-4-5-12-6-8(7)16-10/h12H,4-6H2,1-3H3,(H,13,14,15). The normalized spacial score (nSPS) is 15.7. The fourth-order valence-electron chi connectivity index (χ4n) is 1.46. The molecular weight excluding hydrogens is 222 g/mol. The highest BCUT2D eigenvalue weighted by Gasteiger charge is 2.23. The zero-order chi connectivity index (χ0) is 11.8. The van der Waals surface area contributed by atoms with Crippen molar-refractivity contribution in [1.82, 2.24) is 10.3 Å². The summed E-state index contributed by atoms with van der Waals surface area (Å²) in [6.07, 6.45) is 0.956. The third kappa shape index (κ3) is 2.41. The Hall–Kier alpha value is -0.940. The molecule has 0 bridgehead atoms. The predicted octanol–water partition coefficient (Wildman–Crippen LogP) is 1.77. The van der Waals surface area contributed by atoms with Gasteiger partial charge in [-0.1, -0.05) is 20.8 Å². The zero-order valence-corrected chi connectivity index (χ0v) is 10.7. The van der Waals surface area contributed by atoms with E-state index in [-0.39, 0.29) is 11.3 Å². The van der Waals surface area contributed by atoms with Crippen LogP contribution in [0.1, 0.15) is 31.3 Å². The Labute approximate surface area is 99.5 Å². The number of fused-ring (bicyclic) bond motifs is 1. The van der Waals surface area contributed by atoms with E-state index in [0.29, 0.717) is 0 Å². The van der Waals surface area contributed by atoms with E-state index >= 15 is 0 Å². The molecule has 0 saturated heterocycles. The number of amides is 1. The SMILES string of the molecule is CC(C)(C)C(=O)Nc1nc2c(s1)CNCC2. The minimum absolute atomic E-state index is 0.0200. The molecule has 4 nitrogen and oxygen atoms in total. The van der Waals surface area contributed by atoms with Gasteiger partial charge in [0.25, 0.3) is 0 Å². The molecule has 1 aliphatic heterocycles. The van der Waals surface area contributed by atoms with Crippen LogP contribution in [-0.4, -0.2) is 17.4 Å². The van der Waals surface area contributed by atoms with Crippen molar-refractivity contribution < 1.29 is 4.79 Å². The van der Waals surface area contributed by atoms with Crippen LogP contribution in [0.4, 0.5) is 5.13 Å². The fourth-order valence-corrected chi connectivity index (χ4v) is 2.44. The van der Waals surface area contributed by atoms with E-state index in [2.05, 4.69) is 15.6 Å². The number of aromatic nitrogens is 1. The topological polar surface area (TPSA) is 54.0 Å². The van der Waals surface area contributed by atoms with Crippen molar-refractivity contribution in [2.75, 3.05) is 11.9 Å². The van der Waals surface area contributed by atoms with Crippen LogP contribution in [0.2, 0.25) is 0 Å². The summed E-state index contributed by atoms with van der Waals surface area (Å²) in [6, 6.07) is 0. The van der Waals surface area contributed by atoms with Gasteiger partial charge < -0.3 is 10.6 Å². The molecule has 0 saturated carbocycles. The first-order chi connectivity index (χ1) is 7.47. The summed E-state index contributed by atoms with van der Waals surface area (Å²) in [4.78, 5) is 17.5. The summed E-state index contributed by atoms with van der Waals surface area (Å²) in [6.45, 7) is 7.55. The summed E-state index contributed by atoms with van der Waals surface area (Å²) in [5.74, 6) is 0.0200. The highest BCUT2D eigenvalue weighted by molar-refractivity contribution is 7.15. The van der Waals surface area contributed by atoms with Crippen molar-refractivity contribution >= 4 is 22.4 Å². The zero-order valence-electron chi connectivity index (χ0n) is 9.89. The Bertz CT molecular complexity index is 382. The van der Waals surface area contributed by atoms with Crippen LogP contribution in [0.3, 0.4) is 0 Å². The molecule has 0 fully saturated rings. The molecule has 1 aliphatic rings. The average molecular weight is 239 g/mol. The number of hydrogen-bond acceptors (Lipinski definition) is 4. The maximum Gasteiger partial charge on any atom is 0.231 e. The Morgan fingerprint density at radius 3 is 2.88 bits per heavy atom. The molecule has 1 aromatic rings. The van der Waals surface area contributed by atoms with Gasteiger partial charge in [-0.2, -0.15) is 0 Å². The van der Waals surface area contributed by atoms with Gasteiger partial charge in [-0.3, -0.25) is 4.79 Å². The van der Waals surface area contributed by atoms with Gasteiger partial charge in [0.15, 0.2) is 5.13 Å². The van der Waals surface area contributed by atoms with Gasteiger partial charge in [-0.05, 0) is 0 Å². The molecule has 1 amide bonds. The quantitative estimate of drug-likeness (QED) is 0.785. The minimum Gasteiger partial charge on any atom is -0.311 e. The fraction of sp³-hybridized carbons (Fsp3) is 0.636. The van der Waals surface area contributed by atoms with E-state index in [0.717, 1.165) is 30.3 Å². The molecule has 0 aliphatic carbocycles. The van der Waals surface area contributed by atoms with Gasteiger partial charge >= 0.3 is 0 Å². The van der Waals surface area contributed by atoms with E-state index < -0.39 is 0 Å². The molecule has 1 aromatic heterocycles. The van der Waals surface area contributed by atoms with Crippen molar-refractivity contribution in [3.63, 3.8) is 0 Å². The lowest BCUT2D eigenvalue weighted by Gasteiger charge is -2.15. The number of nitrogens with one attached hydrogen (secondary N) is 2. The number of carbonyl (C=O) groups is 1. The highest BCUT2D eigenvalue weighted by Crippen LogP contribution is 2.26. The van der Waals surface area contributed by atoms with Gasteiger partial charge in [-0.15, -0.1) is 11.3 Å². The van der Waals surface area contributed by atoms with Crippen LogP contribution >= 0.6 is 11.3 Å². The largest absolute Gasteiger partial charge is 0.311 e. The van der Waals surface area contributed by atoms with Crippen molar-refractivity contribution in [2.24, 2.45) is 5.41 Å². The third-order valence-corrected chi connectivity index (χ3v) is 3.52. The number of nitrogens with zero attached hydrogens (tertiary/aromatic N) is 1. The van der Waals surface area contributed by atoms with Crippen molar-refractivity contribution in [3.8, 4) is 0 Å². The second-order valence-corrected chi connectivity index (χ2v) is 6.10. The van der Waals surface area contributed by atoms with Gasteiger partial charge in [0.2, 0.25) is 5.91 Å². The smallest absolute Gasteiger partial charge is 0.231 e. The lowest BCUT2D eigenvalue weighted by atomic mass is 9.96. The summed E-state index contributed by atoms with van der Waals surface area (Å²) >= 11 is 1.57. The summed E-state index contributed by atoms with van der Waals surface area (Å²) < 4.78 is 0. The first-order valence-corrected chi connectivity index (χ1v) is 6.29. The van der Waals surface area contributed by atoms with Crippen LogP contribution in [0, 0.1) is 5.41 Å². The Balaban J connectivity index is 2.11. The summed E-state index contributed by atoms with van der Waals surface area (Å²) in [5.41, 5.74) is 0.762. The molecule has 2 heterocycles. The van der Waals surface area contributed by atoms with Gasteiger partial charge in [0, 0.05) is 29.8 Å². The predicted molar refractivity (Wildman–Crippen MR) is 65.6 cm³/mol. The van der Waals surface area contributed by atoms with Gasteiger partial charge in [-0.25, -0.2) is 4.98 Å². The molecule has 2 rings (SSSR count). The van der Waals surface area contributed by atoms with Crippen LogP contribution < -0.4 is 10.6 Å². The number of thiazole rings is 1. The van der Waals surface area contributed by atoms with Crippen molar-refractivity contribution in [2.45, 2.75) is 33.7 Å². The molecule has 88 valence electrons. The molecular formula is C11H17N3OS. The van der Waals surface area contributed by atoms with Crippen LogP contribution in [-0.2, 0) is 17.8 Å². The third-order valence-electron chi connectivity index (χ3n) is 2.50. The number of rotatable bonds is 1. The van der Waals surface area contributed by atoms with Gasteiger partial charge in [0.05, 0.1) is 5.69 Å². The second kappa shape index (κ2) is 4.14. The monoisotopic (exact) mass is 239 g/mol. The van der Waals surface area contributed by atoms with Crippen LogP contribution in [0.15, 0.2) is 0 Å². The Morgan fingerprint density at radius 1 is 1.50 bits per heavy atom. The molecule has 0 radical (unpaired) electrons. The summed E-state index contributed by atoms with van der Waals surface area (Å²) in [7, 11) is 0. The molecule has 16 heavy (non-hydrogen) atoms. The van der Waals surface area contributed by atoms with E-state index in [1.807, 2.05) is 20.8 Å². The molecule has 0 atom stereocenters. The molecule has 0 aromatic carbocycles. The van der Waals surface area contributed by atoms with E-state index in [1.165, 1.54) is 4.88 Å². The second-order valence-electron chi connectivity index (χ2n) is 5.02. The Kier molecular flexibility index (Phi) is 2.99. The van der Waals surface area contributed by atoms with Crippen LogP contribution in [0.25, 0.3) is 0 Å². The minimum atomic E-state index is -0.371. The van der Waals surface area contributed by atoms with E-state index in [9.17, 15) is 4.79 Å². The Morgan fingerprint density at radius 2 is 2.25 bits per heavy atom. The number of anilines is 1. The average Bonchev–Trinajstić information content (AvgIpc) is 2.58. The maximum absolute atomic E-state index is 11.8. The highest BCUT2D eigenvalue weighted by atomic mass is 32.1. The number of hydrogen-bond donors (Lipinski definition) is 2. The van der Waals surface area contributed by atoms with E-state index in [1.54, 1.807) is 11.3 Å². The van der Waals surface area contributed by atoms with Crippen LogP contribution in [0.5, 0.6) is 0 Å². The number of carbonyl (C=O) groups excluding carboxylic acids is 1. The first-order valence-electron chi connectivity index (χ1n) is 5.47. The lowest BCUT2D eigenvalue weighted by Crippen LogP contribution is -2.27. The summed E-state index contributed by atoms with van der Waals surface area (Å²) in [5, 5.41) is 6.91. The molecule has 0 spiro atoms.